The van der Waals surface area contributed by atoms with Crippen LogP contribution in [0.2, 0.25) is 0 Å². The van der Waals surface area contributed by atoms with Crippen LogP contribution >= 0.6 is 0 Å². The van der Waals surface area contributed by atoms with Crippen LogP contribution in [0.5, 0.6) is 0 Å². The van der Waals surface area contributed by atoms with Crippen LogP contribution in [0.15, 0.2) is 65.1 Å². The third-order valence-electron chi connectivity index (χ3n) is 5.07. The Kier molecular flexibility index (Phi) is 5.66. The first kappa shape index (κ1) is 20.5. The lowest BCUT2D eigenvalue weighted by molar-refractivity contribution is 0.0940. The second kappa shape index (κ2) is 8.55. The number of nitrogens with zero attached hydrogens (tertiary/aromatic N) is 4. The molecule has 1 atom stereocenters. The summed E-state index contributed by atoms with van der Waals surface area (Å²) in [4.78, 5) is 12.9. The minimum Gasteiger partial charge on any atom is -0.420 e. The molecule has 2 heterocycles. The predicted molar refractivity (Wildman–Crippen MR) is 118 cm³/mol. The summed E-state index contributed by atoms with van der Waals surface area (Å²) in [6.45, 7) is 7.90. The molecule has 0 fully saturated rings. The molecule has 4 aromatic rings. The molecule has 0 saturated heterocycles. The Labute approximate surface area is 181 Å². The van der Waals surface area contributed by atoms with Crippen LogP contribution in [-0.4, -0.2) is 25.9 Å². The van der Waals surface area contributed by atoms with Crippen LogP contribution in [0.3, 0.4) is 0 Å². The fraction of sp³-hybridized carbons (Fsp3) is 0.250. The van der Waals surface area contributed by atoms with Crippen molar-refractivity contribution in [1.29, 1.82) is 0 Å². The van der Waals surface area contributed by atoms with Gasteiger partial charge in [-0.3, -0.25) is 4.79 Å². The van der Waals surface area contributed by atoms with Crippen molar-refractivity contribution in [1.82, 2.24) is 25.3 Å². The van der Waals surface area contributed by atoms with Gasteiger partial charge in [0, 0.05) is 18.2 Å². The van der Waals surface area contributed by atoms with Gasteiger partial charge in [0.2, 0.25) is 5.89 Å². The Morgan fingerprint density at radius 1 is 1.00 bits per heavy atom. The van der Waals surface area contributed by atoms with Gasteiger partial charge in [0.1, 0.15) is 5.69 Å². The van der Waals surface area contributed by atoms with Gasteiger partial charge in [-0.1, -0.05) is 50.2 Å². The van der Waals surface area contributed by atoms with E-state index in [1.165, 1.54) is 0 Å². The van der Waals surface area contributed by atoms with Crippen LogP contribution in [0.4, 0.5) is 0 Å². The van der Waals surface area contributed by atoms with Gasteiger partial charge in [0.15, 0.2) is 0 Å². The van der Waals surface area contributed by atoms with Gasteiger partial charge < -0.3 is 9.73 Å². The smallest absolute Gasteiger partial charge is 0.268 e. The standard InChI is InChI=1S/C24H25N5O2/c1-15(2)22-14-21(24-27-26-17(4)31-24)28-29(22)20-12-8-11-19(13-20)23(30)25-16(3)18-9-6-5-7-10-18/h5-16H,1-4H3,(H,25,30)/t16-/m1/s1. The summed E-state index contributed by atoms with van der Waals surface area (Å²) in [5.74, 6) is 0.940. The van der Waals surface area contributed by atoms with E-state index in [0.29, 0.717) is 23.0 Å². The maximum Gasteiger partial charge on any atom is 0.268 e. The van der Waals surface area contributed by atoms with Gasteiger partial charge in [-0.15, -0.1) is 10.2 Å². The summed E-state index contributed by atoms with van der Waals surface area (Å²) in [6, 6.07) is 19.2. The molecule has 1 amide bonds. The van der Waals surface area contributed by atoms with Crippen molar-refractivity contribution < 1.29 is 9.21 Å². The minimum atomic E-state index is -0.135. The van der Waals surface area contributed by atoms with Gasteiger partial charge in [-0.2, -0.15) is 5.10 Å². The van der Waals surface area contributed by atoms with Gasteiger partial charge >= 0.3 is 0 Å². The van der Waals surface area contributed by atoms with Gasteiger partial charge in [0.05, 0.1) is 11.7 Å². The number of carbonyl (C=O) groups excluding carboxylic acids is 1. The van der Waals surface area contributed by atoms with Gasteiger partial charge in [-0.25, -0.2) is 4.68 Å². The van der Waals surface area contributed by atoms with E-state index >= 15 is 0 Å². The highest BCUT2D eigenvalue weighted by Crippen LogP contribution is 2.26. The summed E-state index contributed by atoms with van der Waals surface area (Å²) in [6.07, 6.45) is 0. The van der Waals surface area contributed by atoms with Crippen molar-refractivity contribution in [3.8, 4) is 17.3 Å². The number of hydrogen-bond donors (Lipinski definition) is 1. The van der Waals surface area contributed by atoms with Crippen LogP contribution in [-0.2, 0) is 0 Å². The molecule has 158 valence electrons. The van der Waals surface area contributed by atoms with E-state index in [1.807, 2.05) is 66.2 Å². The molecule has 0 aliphatic rings. The predicted octanol–water partition coefficient (Wildman–Crippen LogP) is 4.85. The molecular weight excluding hydrogens is 390 g/mol. The van der Waals surface area contributed by atoms with E-state index < -0.39 is 0 Å². The van der Waals surface area contributed by atoms with Crippen molar-refractivity contribution >= 4 is 5.91 Å². The highest BCUT2D eigenvalue weighted by Gasteiger charge is 2.18. The first-order chi connectivity index (χ1) is 14.9. The summed E-state index contributed by atoms with van der Waals surface area (Å²) in [5, 5.41) is 15.7. The molecule has 31 heavy (non-hydrogen) atoms. The van der Waals surface area contributed by atoms with Crippen LogP contribution in [0.25, 0.3) is 17.3 Å². The first-order valence-electron chi connectivity index (χ1n) is 10.3. The second-order valence-electron chi connectivity index (χ2n) is 7.80. The van der Waals surface area contributed by atoms with Crippen molar-refractivity contribution in [3.63, 3.8) is 0 Å². The zero-order valence-electron chi connectivity index (χ0n) is 18.0. The highest BCUT2D eigenvalue weighted by molar-refractivity contribution is 5.95. The largest absolute Gasteiger partial charge is 0.420 e. The lowest BCUT2D eigenvalue weighted by Gasteiger charge is -2.15. The lowest BCUT2D eigenvalue weighted by atomic mass is 10.1. The molecule has 0 radical (unpaired) electrons. The number of nitrogens with one attached hydrogen (secondary N) is 1. The molecule has 7 heteroatoms. The second-order valence-corrected chi connectivity index (χ2v) is 7.80. The number of rotatable bonds is 6. The molecule has 1 N–H and O–H groups in total. The molecule has 0 unspecified atom stereocenters. The molecule has 7 nitrogen and oxygen atoms in total. The van der Waals surface area contributed by atoms with Crippen molar-refractivity contribution in [2.24, 2.45) is 0 Å². The molecule has 0 aliphatic heterocycles. The van der Waals surface area contributed by atoms with Crippen LogP contribution < -0.4 is 5.32 Å². The maximum absolute atomic E-state index is 12.9. The third-order valence-corrected chi connectivity index (χ3v) is 5.07. The van der Waals surface area contributed by atoms with Gasteiger partial charge in [-0.05, 0) is 42.7 Å². The minimum absolute atomic E-state index is 0.0966. The SMILES string of the molecule is Cc1nnc(-c2cc(C(C)C)n(-c3cccc(C(=O)N[C@H](C)c4ccccc4)c3)n2)o1. The van der Waals surface area contributed by atoms with Crippen molar-refractivity contribution in [2.75, 3.05) is 0 Å². The average molecular weight is 415 g/mol. The molecule has 0 spiro atoms. The zero-order valence-corrected chi connectivity index (χ0v) is 18.0. The number of benzene rings is 2. The Morgan fingerprint density at radius 2 is 1.77 bits per heavy atom. The van der Waals surface area contributed by atoms with Gasteiger partial charge in [0.25, 0.3) is 11.8 Å². The Balaban J connectivity index is 1.63. The van der Waals surface area contributed by atoms with Crippen molar-refractivity contribution in [2.45, 2.75) is 39.7 Å². The fourth-order valence-corrected chi connectivity index (χ4v) is 3.40. The Hall–Kier alpha value is -3.74. The quantitative estimate of drug-likeness (QED) is 0.487. The number of amides is 1. The topological polar surface area (TPSA) is 85.8 Å². The van der Waals surface area contributed by atoms with Crippen LogP contribution in [0, 0.1) is 6.92 Å². The Morgan fingerprint density at radius 3 is 2.45 bits per heavy atom. The third kappa shape index (κ3) is 4.40. The van der Waals surface area contributed by atoms with Crippen molar-refractivity contribution in [3.05, 3.63) is 83.4 Å². The van der Waals surface area contributed by atoms with E-state index in [-0.39, 0.29) is 17.9 Å². The summed E-state index contributed by atoms with van der Waals surface area (Å²) in [7, 11) is 0. The highest BCUT2D eigenvalue weighted by atomic mass is 16.4. The molecule has 2 aromatic heterocycles. The lowest BCUT2D eigenvalue weighted by Crippen LogP contribution is -2.26. The van der Waals surface area contributed by atoms with E-state index in [1.54, 1.807) is 13.0 Å². The zero-order chi connectivity index (χ0) is 22.0. The van der Waals surface area contributed by atoms with E-state index in [2.05, 4.69) is 34.5 Å². The molecule has 0 bridgehead atoms. The van der Waals surface area contributed by atoms with E-state index in [0.717, 1.165) is 16.9 Å². The summed E-state index contributed by atoms with van der Waals surface area (Å²) < 4.78 is 7.37. The maximum atomic E-state index is 12.9. The molecule has 2 aromatic carbocycles. The first-order valence-corrected chi connectivity index (χ1v) is 10.3. The van der Waals surface area contributed by atoms with E-state index in [9.17, 15) is 4.79 Å². The molecule has 0 aliphatic carbocycles. The fourth-order valence-electron chi connectivity index (χ4n) is 3.40. The molecule has 0 saturated carbocycles. The van der Waals surface area contributed by atoms with Crippen LogP contribution in [0.1, 0.15) is 60.2 Å². The normalized spacial score (nSPS) is 12.2. The monoisotopic (exact) mass is 415 g/mol. The average Bonchev–Trinajstić information content (AvgIpc) is 3.41. The van der Waals surface area contributed by atoms with E-state index in [4.69, 9.17) is 4.42 Å². The Bertz CT molecular complexity index is 1190. The summed E-state index contributed by atoms with van der Waals surface area (Å²) >= 11 is 0. The number of aryl methyl sites for hydroxylation is 1. The number of hydrogen-bond acceptors (Lipinski definition) is 5. The molecular formula is C24H25N5O2. The number of aromatic nitrogens is 4. The summed E-state index contributed by atoms with van der Waals surface area (Å²) in [5.41, 5.74) is 4.02. The molecule has 4 rings (SSSR count). The number of carbonyl (C=O) groups is 1.